The number of amides is 2. The summed E-state index contributed by atoms with van der Waals surface area (Å²) >= 11 is 5.72. The number of benzene rings is 2. The average molecular weight is 421 g/mol. The van der Waals surface area contributed by atoms with E-state index in [2.05, 4.69) is 5.32 Å². The van der Waals surface area contributed by atoms with Gasteiger partial charge in [-0.25, -0.2) is 4.39 Å². The minimum Gasteiger partial charge on any atom is -0.493 e. The smallest absolute Gasteiger partial charge is 0.260 e. The van der Waals surface area contributed by atoms with Gasteiger partial charge in [-0.15, -0.1) is 0 Å². The molecule has 154 valence electrons. The van der Waals surface area contributed by atoms with Crippen LogP contribution in [0.3, 0.4) is 0 Å². The summed E-state index contributed by atoms with van der Waals surface area (Å²) in [6.45, 7) is 0.144. The molecule has 1 N–H and O–H groups in total. The van der Waals surface area contributed by atoms with Crippen molar-refractivity contribution in [3.8, 4) is 11.5 Å². The molecule has 0 spiro atoms. The molecule has 1 saturated carbocycles. The van der Waals surface area contributed by atoms with Gasteiger partial charge in [0.15, 0.2) is 18.1 Å². The summed E-state index contributed by atoms with van der Waals surface area (Å²) < 4.78 is 24.0. The zero-order valence-electron chi connectivity index (χ0n) is 16.0. The molecule has 0 aromatic heterocycles. The number of nitrogens with one attached hydrogen (secondary N) is 1. The highest BCUT2D eigenvalue weighted by atomic mass is 35.5. The molecule has 6 nitrogen and oxygen atoms in total. The Morgan fingerprint density at radius 2 is 1.93 bits per heavy atom. The Morgan fingerprint density at radius 3 is 2.59 bits per heavy atom. The van der Waals surface area contributed by atoms with Gasteiger partial charge < -0.3 is 19.7 Å². The van der Waals surface area contributed by atoms with Gasteiger partial charge >= 0.3 is 0 Å². The SMILES string of the molecule is COc1ccccc1OCC(=O)N(CCC(=O)Nc1ccc(F)c(Cl)c1)C1CC1. The molecule has 3 rings (SSSR count). The summed E-state index contributed by atoms with van der Waals surface area (Å²) in [5.41, 5.74) is 0.408. The Kier molecular flexibility index (Phi) is 6.93. The number of rotatable bonds is 9. The van der Waals surface area contributed by atoms with Crippen LogP contribution < -0.4 is 14.8 Å². The van der Waals surface area contributed by atoms with Crippen LogP contribution in [0, 0.1) is 5.82 Å². The molecule has 29 heavy (non-hydrogen) atoms. The number of carbonyl (C=O) groups excluding carboxylic acids is 2. The maximum Gasteiger partial charge on any atom is 0.260 e. The van der Waals surface area contributed by atoms with Crippen molar-refractivity contribution in [3.63, 3.8) is 0 Å². The second-order valence-corrected chi connectivity index (χ2v) is 7.09. The van der Waals surface area contributed by atoms with Crippen molar-refractivity contribution in [2.24, 2.45) is 0 Å². The standard InChI is InChI=1S/C21H22ClFN2O4/c1-28-18-4-2-3-5-19(18)29-13-21(27)25(15-7-8-15)11-10-20(26)24-14-6-9-17(23)16(22)12-14/h2-6,9,12,15H,7-8,10-11,13H2,1H3,(H,24,26). The number of ether oxygens (including phenoxy) is 2. The van der Waals surface area contributed by atoms with E-state index in [1.54, 1.807) is 23.1 Å². The van der Waals surface area contributed by atoms with Crippen LogP contribution in [-0.2, 0) is 9.59 Å². The third-order valence-corrected chi connectivity index (χ3v) is 4.80. The van der Waals surface area contributed by atoms with E-state index in [9.17, 15) is 14.0 Å². The van der Waals surface area contributed by atoms with Gasteiger partial charge in [-0.1, -0.05) is 23.7 Å². The number of carbonyl (C=O) groups is 2. The van der Waals surface area contributed by atoms with E-state index < -0.39 is 5.82 Å². The lowest BCUT2D eigenvalue weighted by molar-refractivity contribution is -0.134. The maximum absolute atomic E-state index is 13.2. The largest absolute Gasteiger partial charge is 0.493 e. The zero-order valence-corrected chi connectivity index (χ0v) is 16.7. The molecular weight excluding hydrogens is 399 g/mol. The minimum absolute atomic E-state index is 0.0638. The summed E-state index contributed by atoms with van der Waals surface area (Å²) in [7, 11) is 1.54. The maximum atomic E-state index is 13.2. The molecule has 2 aromatic rings. The van der Waals surface area contributed by atoms with Crippen LogP contribution in [0.1, 0.15) is 19.3 Å². The van der Waals surface area contributed by atoms with Crippen LogP contribution in [0.2, 0.25) is 5.02 Å². The van der Waals surface area contributed by atoms with E-state index in [1.807, 2.05) is 6.07 Å². The Labute approximate surface area is 173 Å². The Balaban J connectivity index is 1.52. The Morgan fingerprint density at radius 1 is 1.21 bits per heavy atom. The van der Waals surface area contributed by atoms with E-state index in [1.165, 1.54) is 25.3 Å². The molecular formula is C21H22ClFN2O4. The number of hydrogen-bond acceptors (Lipinski definition) is 4. The molecule has 1 aliphatic rings. The fourth-order valence-electron chi connectivity index (χ4n) is 2.88. The minimum atomic E-state index is -0.551. The van der Waals surface area contributed by atoms with Crippen molar-refractivity contribution in [3.05, 3.63) is 53.3 Å². The van der Waals surface area contributed by atoms with Crippen molar-refractivity contribution >= 4 is 29.1 Å². The molecule has 8 heteroatoms. The second kappa shape index (κ2) is 9.60. The van der Waals surface area contributed by atoms with Gasteiger partial charge in [0.25, 0.3) is 5.91 Å². The van der Waals surface area contributed by atoms with Crippen molar-refractivity contribution < 1.29 is 23.5 Å². The van der Waals surface area contributed by atoms with Gasteiger partial charge in [-0.05, 0) is 43.2 Å². The molecule has 1 aliphatic carbocycles. The molecule has 0 saturated heterocycles. The molecule has 2 amide bonds. The summed E-state index contributed by atoms with van der Waals surface area (Å²) in [6, 6.07) is 11.2. The second-order valence-electron chi connectivity index (χ2n) is 6.68. The summed E-state index contributed by atoms with van der Waals surface area (Å²) in [4.78, 5) is 26.5. The number of anilines is 1. The molecule has 0 radical (unpaired) electrons. The van der Waals surface area contributed by atoms with E-state index in [-0.39, 0.29) is 42.5 Å². The van der Waals surface area contributed by atoms with Gasteiger partial charge in [0.05, 0.1) is 12.1 Å². The van der Waals surface area contributed by atoms with E-state index in [0.717, 1.165) is 12.8 Å². The van der Waals surface area contributed by atoms with Gasteiger partial charge in [0, 0.05) is 24.7 Å². The van der Waals surface area contributed by atoms with Gasteiger partial charge in [0.2, 0.25) is 5.91 Å². The zero-order chi connectivity index (χ0) is 20.8. The molecule has 0 atom stereocenters. The first kappa shape index (κ1) is 20.9. The topological polar surface area (TPSA) is 67.9 Å². The lowest BCUT2D eigenvalue weighted by Gasteiger charge is -2.22. The number of methoxy groups -OCH3 is 1. The fraction of sp³-hybridized carbons (Fsp3) is 0.333. The molecule has 1 fully saturated rings. The molecule has 0 heterocycles. The molecule has 0 bridgehead atoms. The average Bonchev–Trinajstić information content (AvgIpc) is 3.54. The molecule has 0 unspecified atom stereocenters. The highest BCUT2D eigenvalue weighted by Crippen LogP contribution is 2.29. The number of hydrogen-bond donors (Lipinski definition) is 1. The van der Waals surface area contributed by atoms with Crippen LogP contribution in [0.5, 0.6) is 11.5 Å². The Bertz CT molecular complexity index is 889. The highest BCUT2D eigenvalue weighted by molar-refractivity contribution is 6.31. The first-order valence-electron chi connectivity index (χ1n) is 9.28. The molecule has 2 aromatic carbocycles. The first-order chi connectivity index (χ1) is 14.0. The quantitative estimate of drug-likeness (QED) is 0.668. The predicted molar refractivity (Wildman–Crippen MR) is 108 cm³/mol. The van der Waals surface area contributed by atoms with Crippen LogP contribution in [0.15, 0.2) is 42.5 Å². The van der Waals surface area contributed by atoms with Crippen molar-refractivity contribution in [2.75, 3.05) is 25.6 Å². The van der Waals surface area contributed by atoms with Crippen molar-refractivity contribution in [2.45, 2.75) is 25.3 Å². The summed E-state index contributed by atoms with van der Waals surface area (Å²) in [6.07, 6.45) is 1.94. The van der Waals surface area contributed by atoms with Crippen LogP contribution in [-0.4, -0.2) is 43.0 Å². The number of nitrogens with zero attached hydrogens (tertiary/aromatic N) is 1. The van der Waals surface area contributed by atoms with Gasteiger partial charge in [-0.3, -0.25) is 9.59 Å². The lowest BCUT2D eigenvalue weighted by Crippen LogP contribution is -2.38. The third kappa shape index (κ3) is 5.84. The van der Waals surface area contributed by atoms with Crippen LogP contribution in [0.4, 0.5) is 10.1 Å². The predicted octanol–water partition coefficient (Wildman–Crippen LogP) is 3.89. The summed E-state index contributed by atoms with van der Waals surface area (Å²) in [5.74, 6) is 0.0265. The van der Waals surface area contributed by atoms with Gasteiger partial charge in [0.1, 0.15) is 5.82 Å². The Hall–Kier alpha value is -2.80. The first-order valence-corrected chi connectivity index (χ1v) is 9.66. The fourth-order valence-corrected chi connectivity index (χ4v) is 3.06. The molecule has 0 aliphatic heterocycles. The summed E-state index contributed by atoms with van der Waals surface area (Å²) in [5, 5.41) is 2.60. The van der Waals surface area contributed by atoms with Crippen molar-refractivity contribution in [1.82, 2.24) is 4.90 Å². The van der Waals surface area contributed by atoms with Crippen molar-refractivity contribution in [1.29, 1.82) is 0 Å². The monoisotopic (exact) mass is 420 g/mol. The van der Waals surface area contributed by atoms with E-state index in [0.29, 0.717) is 17.2 Å². The van der Waals surface area contributed by atoms with E-state index >= 15 is 0 Å². The number of para-hydroxylation sites is 2. The van der Waals surface area contributed by atoms with Crippen LogP contribution in [0.25, 0.3) is 0 Å². The third-order valence-electron chi connectivity index (χ3n) is 4.51. The van der Waals surface area contributed by atoms with E-state index in [4.69, 9.17) is 21.1 Å². The highest BCUT2D eigenvalue weighted by Gasteiger charge is 2.32. The number of halogens is 2. The van der Waals surface area contributed by atoms with Crippen LogP contribution >= 0.6 is 11.6 Å². The van der Waals surface area contributed by atoms with Gasteiger partial charge in [-0.2, -0.15) is 0 Å². The normalized spacial score (nSPS) is 12.9. The lowest BCUT2D eigenvalue weighted by atomic mass is 10.3.